The molecule has 0 radical (unpaired) electrons. The summed E-state index contributed by atoms with van der Waals surface area (Å²) in [6.07, 6.45) is 1.82. The first-order valence-electron chi connectivity index (χ1n) is 6.33. The quantitative estimate of drug-likeness (QED) is 0.850. The highest BCUT2D eigenvalue weighted by Gasteiger charge is 2.14. The maximum atomic E-state index is 13.0. The third-order valence-corrected chi connectivity index (χ3v) is 4.86. The van der Waals surface area contributed by atoms with E-state index in [1.54, 1.807) is 6.07 Å². The molecule has 102 valence electrons. The van der Waals surface area contributed by atoms with Gasteiger partial charge in [-0.25, -0.2) is 4.39 Å². The first kappa shape index (κ1) is 14.5. The third-order valence-electron chi connectivity index (χ3n) is 3.16. The van der Waals surface area contributed by atoms with Crippen molar-refractivity contribution in [2.24, 2.45) is 0 Å². The van der Waals surface area contributed by atoms with Crippen molar-refractivity contribution < 1.29 is 4.39 Å². The van der Waals surface area contributed by atoms with E-state index in [0.29, 0.717) is 5.02 Å². The molecule has 1 aromatic heterocycles. The van der Waals surface area contributed by atoms with Crippen LogP contribution in [-0.2, 0) is 12.8 Å². The average Bonchev–Trinajstić information content (AvgIpc) is 2.86. The molecule has 0 bridgehead atoms. The molecule has 0 saturated heterocycles. The Bertz CT molecular complexity index is 553. The van der Waals surface area contributed by atoms with Gasteiger partial charge in [-0.3, -0.25) is 0 Å². The molecular formula is C15H17ClFNS. The van der Waals surface area contributed by atoms with Gasteiger partial charge < -0.3 is 5.32 Å². The van der Waals surface area contributed by atoms with E-state index in [0.717, 1.165) is 18.4 Å². The van der Waals surface area contributed by atoms with Crippen LogP contribution in [0.5, 0.6) is 0 Å². The number of nitrogens with one attached hydrogen (secondary N) is 1. The molecule has 1 N–H and O–H groups in total. The number of halogens is 2. The molecule has 0 fully saturated rings. The van der Waals surface area contributed by atoms with Gasteiger partial charge in [-0.15, -0.1) is 11.3 Å². The van der Waals surface area contributed by atoms with E-state index in [1.807, 2.05) is 18.4 Å². The summed E-state index contributed by atoms with van der Waals surface area (Å²) < 4.78 is 13.0. The molecular weight excluding hydrogens is 281 g/mol. The van der Waals surface area contributed by atoms with Crippen molar-refractivity contribution in [1.29, 1.82) is 0 Å². The molecule has 0 saturated carbocycles. The zero-order valence-electron chi connectivity index (χ0n) is 11.0. The second-order valence-electron chi connectivity index (χ2n) is 4.44. The summed E-state index contributed by atoms with van der Waals surface area (Å²) in [5, 5.41) is 3.80. The summed E-state index contributed by atoms with van der Waals surface area (Å²) in [7, 11) is 1.94. The first-order valence-corrected chi connectivity index (χ1v) is 7.53. The van der Waals surface area contributed by atoms with Gasteiger partial charge in [0, 0.05) is 20.8 Å². The summed E-state index contributed by atoms with van der Waals surface area (Å²) in [6.45, 7) is 2.15. The van der Waals surface area contributed by atoms with Gasteiger partial charge in [0.1, 0.15) is 5.82 Å². The molecule has 4 heteroatoms. The van der Waals surface area contributed by atoms with Crippen LogP contribution >= 0.6 is 22.9 Å². The Labute approximate surface area is 122 Å². The zero-order chi connectivity index (χ0) is 13.8. The van der Waals surface area contributed by atoms with Crippen molar-refractivity contribution >= 4 is 22.9 Å². The summed E-state index contributed by atoms with van der Waals surface area (Å²) in [4.78, 5) is 2.67. The maximum Gasteiger partial charge on any atom is 0.124 e. The average molecular weight is 298 g/mol. The highest BCUT2D eigenvalue weighted by Crippen LogP contribution is 2.28. The normalized spacial score (nSPS) is 12.6. The van der Waals surface area contributed by atoms with Crippen molar-refractivity contribution in [3.8, 4) is 0 Å². The first-order chi connectivity index (χ1) is 9.13. The fraction of sp³-hybridized carbons (Fsp3) is 0.333. The van der Waals surface area contributed by atoms with Crippen LogP contribution in [0.4, 0.5) is 4.39 Å². The van der Waals surface area contributed by atoms with Crippen molar-refractivity contribution in [2.75, 3.05) is 7.05 Å². The van der Waals surface area contributed by atoms with Crippen LogP contribution in [0.2, 0.25) is 5.02 Å². The number of rotatable bonds is 5. The van der Waals surface area contributed by atoms with Gasteiger partial charge >= 0.3 is 0 Å². The van der Waals surface area contributed by atoms with Crippen LogP contribution in [0.25, 0.3) is 0 Å². The van der Waals surface area contributed by atoms with Gasteiger partial charge in [0.15, 0.2) is 0 Å². The topological polar surface area (TPSA) is 12.0 Å². The molecule has 0 amide bonds. The van der Waals surface area contributed by atoms with Gasteiger partial charge in [0.2, 0.25) is 0 Å². The molecule has 19 heavy (non-hydrogen) atoms. The number of hydrogen-bond acceptors (Lipinski definition) is 2. The Morgan fingerprint density at radius 2 is 2.11 bits per heavy atom. The van der Waals surface area contributed by atoms with Crippen LogP contribution in [-0.4, -0.2) is 7.05 Å². The van der Waals surface area contributed by atoms with E-state index < -0.39 is 0 Å². The van der Waals surface area contributed by atoms with Gasteiger partial charge in [-0.1, -0.05) is 24.6 Å². The molecule has 0 aliphatic heterocycles. The minimum atomic E-state index is -0.292. The number of aryl methyl sites for hydroxylation is 1. The van der Waals surface area contributed by atoms with Crippen molar-refractivity contribution in [2.45, 2.75) is 25.8 Å². The second kappa shape index (κ2) is 6.51. The highest BCUT2D eigenvalue weighted by atomic mass is 35.5. The molecule has 2 aromatic rings. The Balaban J connectivity index is 2.18. The predicted molar refractivity (Wildman–Crippen MR) is 80.6 cm³/mol. The van der Waals surface area contributed by atoms with E-state index in [9.17, 15) is 4.39 Å². The van der Waals surface area contributed by atoms with E-state index in [4.69, 9.17) is 11.6 Å². The van der Waals surface area contributed by atoms with Gasteiger partial charge in [0.05, 0.1) is 0 Å². The van der Waals surface area contributed by atoms with Crippen LogP contribution in [0, 0.1) is 5.82 Å². The minimum absolute atomic E-state index is 0.216. The summed E-state index contributed by atoms with van der Waals surface area (Å²) in [5.41, 5.74) is 0.967. The van der Waals surface area contributed by atoms with E-state index >= 15 is 0 Å². The molecule has 1 aromatic carbocycles. The minimum Gasteiger partial charge on any atom is -0.312 e. The van der Waals surface area contributed by atoms with Crippen molar-refractivity contribution in [3.63, 3.8) is 0 Å². The monoisotopic (exact) mass is 297 g/mol. The summed E-state index contributed by atoms with van der Waals surface area (Å²) in [5.74, 6) is -0.292. The largest absolute Gasteiger partial charge is 0.312 e. The zero-order valence-corrected chi connectivity index (χ0v) is 12.6. The fourth-order valence-corrected chi connectivity index (χ4v) is 3.33. The predicted octanol–water partition coefficient (Wildman–Crippen LogP) is 4.61. The number of hydrogen-bond donors (Lipinski definition) is 1. The lowest BCUT2D eigenvalue weighted by molar-refractivity contribution is 0.598. The molecule has 1 heterocycles. The van der Waals surface area contributed by atoms with Gasteiger partial charge in [-0.2, -0.15) is 0 Å². The van der Waals surface area contributed by atoms with Gasteiger partial charge in [-0.05, 0) is 49.7 Å². The lowest BCUT2D eigenvalue weighted by atomic mass is 10.0. The molecule has 1 unspecified atom stereocenters. The maximum absolute atomic E-state index is 13.0. The van der Waals surface area contributed by atoms with E-state index in [1.165, 1.54) is 21.9 Å². The lowest BCUT2D eigenvalue weighted by Crippen LogP contribution is -2.17. The summed E-state index contributed by atoms with van der Waals surface area (Å²) in [6, 6.07) is 9.12. The standard InChI is InChI=1S/C15H17ClFNS/c1-3-12-6-7-15(19-12)14(18-2)8-10-4-5-11(17)9-13(10)16/h4-7,9,14,18H,3,8H2,1-2H3. The fourth-order valence-electron chi connectivity index (χ4n) is 2.02. The third kappa shape index (κ3) is 3.56. The lowest BCUT2D eigenvalue weighted by Gasteiger charge is -2.15. The van der Waals surface area contributed by atoms with Crippen LogP contribution in [0.3, 0.4) is 0 Å². The van der Waals surface area contributed by atoms with Crippen molar-refractivity contribution in [1.82, 2.24) is 5.32 Å². The Hall–Kier alpha value is -0.900. The van der Waals surface area contributed by atoms with Crippen LogP contribution in [0.15, 0.2) is 30.3 Å². The summed E-state index contributed by atoms with van der Waals surface area (Å²) >= 11 is 7.90. The molecule has 0 aliphatic carbocycles. The molecule has 2 rings (SSSR count). The molecule has 0 aliphatic rings. The number of thiophene rings is 1. The van der Waals surface area contributed by atoms with E-state index in [-0.39, 0.29) is 11.9 Å². The van der Waals surface area contributed by atoms with E-state index in [2.05, 4.69) is 24.4 Å². The number of benzene rings is 1. The van der Waals surface area contributed by atoms with Crippen molar-refractivity contribution in [3.05, 3.63) is 56.5 Å². The smallest absolute Gasteiger partial charge is 0.124 e. The highest BCUT2D eigenvalue weighted by molar-refractivity contribution is 7.12. The SMILES string of the molecule is CCc1ccc(C(Cc2ccc(F)cc2Cl)NC)s1. The molecule has 0 spiro atoms. The van der Waals surface area contributed by atoms with Crippen LogP contribution in [0.1, 0.15) is 28.3 Å². The van der Waals surface area contributed by atoms with Gasteiger partial charge in [0.25, 0.3) is 0 Å². The molecule has 1 nitrogen and oxygen atoms in total. The Kier molecular flexibility index (Phi) is 4.97. The second-order valence-corrected chi connectivity index (χ2v) is 6.05. The number of likely N-dealkylation sites (N-methyl/N-ethyl adjacent to an activating group) is 1. The van der Waals surface area contributed by atoms with Crippen LogP contribution < -0.4 is 5.32 Å². The Morgan fingerprint density at radius 1 is 1.32 bits per heavy atom. The Morgan fingerprint density at radius 3 is 2.68 bits per heavy atom. The molecule has 1 atom stereocenters.